The molecule has 0 fully saturated rings. The van der Waals surface area contributed by atoms with Gasteiger partial charge in [0.15, 0.2) is 5.69 Å². The summed E-state index contributed by atoms with van der Waals surface area (Å²) in [6.45, 7) is 3.22. The Morgan fingerprint density at radius 3 is 2.10 bits per heavy atom. The van der Waals surface area contributed by atoms with Gasteiger partial charge in [-0.3, -0.25) is 14.8 Å². The largest absolute Gasteiger partial charge is 0.477 e. The van der Waals surface area contributed by atoms with E-state index in [-0.39, 0.29) is 38.4 Å². The molecular weight excluding hydrogens is 786 g/mol. The third-order valence-corrected chi connectivity index (χ3v) is 7.37. The number of aromatic nitrogens is 2. The Labute approximate surface area is 289 Å². The van der Waals surface area contributed by atoms with Gasteiger partial charge in [-0.05, 0) is 66.2 Å². The summed E-state index contributed by atoms with van der Waals surface area (Å²) in [5.41, 5.74) is -4.11. The predicted octanol–water partition coefficient (Wildman–Crippen LogP) is 9.98. The summed E-state index contributed by atoms with van der Waals surface area (Å²) in [7, 11) is 1.08. The molecule has 49 heavy (non-hydrogen) atoms. The third-order valence-electron chi connectivity index (χ3n) is 6.01. The average molecular weight is 805 g/mol. The molecule has 0 aliphatic carbocycles. The predicted molar refractivity (Wildman–Crippen MR) is 163 cm³/mol. The first-order valence-electron chi connectivity index (χ1n) is 13.1. The van der Waals surface area contributed by atoms with E-state index in [1.165, 1.54) is 0 Å². The van der Waals surface area contributed by atoms with Crippen LogP contribution >= 0.6 is 39.1 Å². The van der Waals surface area contributed by atoms with E-state index >= 15 is 0 Å². The van der Waals surface area contributed by atoms with Crippen molar-refractivity contribution in [2.45, 2.75) is 32.3 Å². The molecule has 0 amide bonds. The van der Waals surface area contributed by atoms with E-state index in [1.54, 1.807) is 13.8 Å². The van der Waals surface area contributed by atoms with E-state index in [1.807, 2.05) is 0 Å². The third kappa shape index (κ3) is 9.39. The molecule has 0 bridgehead atoms. The number of esters is 1. The molecule has 0 unspecified atom stereocenters. The fourth-order valence-electron chi connectivity index (χ4n) is 3.94. The van der Waals surface area contributed by atoms with E-state index in [0.717, 1.165) is 49.5 Å². The molecule has 262 valence electrons. The molecule has 4 aromatic rings. The van der Waals surface area contributed by atoms with E-state index < -0.39 is 68.1 Å². The lowest BCUT2D eigenvalue weighted by Gasteiger charge is -2.11. The number of carbonyl (C=O) groups excluding carboxylic acids is 1. The normalized spacial score (nSPS) is 11.6. The second-order valence-electron chi connectivity index (χ2n) is 9.88. The Balaban J connectivity index is 0.000000266. The summed E-state index contributed by atoms with van der Waals surface area (Å²) in [5, 5.41) is 22.9. The zero-order chi connectivity index (χ0) is 37.2. The number of halogens is 10. The van der Waals surface area contributed by atoms with Gasteiger partial charge in [-0.1, -0.05) is 23.2 Å². The fourth-order valence-corrected chi connectivity index (χ4v) is 5.16. The highest BCUT2D eigenvalue weighted by atomic mass is 79.9. The first kappa shape index (κ1) is 39.0. The molecule has 0 radical (unpaired) electrons. The van der Waals surface area contributed by atoms with Crippen molar-refractivity contribution in [2.24, 2.45) is 7.05 Å². The van der Waals surface area contributed by atoms with Crippen molar-refractivity contribution >= 4 is 56.8 Å². The minimum Gasteiger partial charge on any atom is -0.477 e. The number of ether oxygens (including phenoxy) is 2. The summed E-state index contributed by atoms with van der Waals surface area (Å²) < 4.78 is 102. The van der Waals surface area contributed by atoms with E-state index in [4.69, 9.17) is 37.8 Å². The second-order valence-corrected chi connectivity index (χ2v) is 11.5. The SMILES string of the molecule is CC(C)OC(=O)c1cc(-c2nn(C)c(C(F)(F)F)c2Br)c(F)cc1Cl.O=C(O)c1cc(Oc2ccc(C(F)(F)F)cc2Cl)ccc1[N+](=O)[O-]. The maximum absolute atomic E-state index is 14.3. The molecule has 0 aliphatic heterocycles. The monoisotopic (exact) mass is 803 g/mol. The lowest BCUT2D eigenvalue weighted by molar-refractivity contribution is -0.385. The van der Waals surface area contributed by atoms with Crippen LogP contribution in [0.4, 0.5) is 36.4 Å². The van der Waals surface area contributed by atoms with Crippen LogP contribution in [-0.4, -0.2) is 37.9 Å². The van der Waals surface area contributed by atoms with Crippen molar-refractivity contribution in [2.75, 3.05) is 0 Å². The van der Waals surface area contributed by atoms with Gasteiger partial charge in [-0.15, -0.1) is 0 Å². The van der Waals surface area contributed by atoms with Gasteiger partial charge < -0.3 is 14.6 Å². The number of carboxylic acids is 1. The van der Waals surface area contributed by atoms with Crippen LogP contribution in [0.15, 0.2) is 53.0 Å². The highest BCUT2D eigenvalue weighted by Gasteiger charge is 2.39. The molecule has 0 atom stereocenters. The minimum atomic E-state index is -4.69. The maximum Gasteiger partial charge on any atom is 0.434 e. The van der Waals surface area contributed by atoms with Crippen LogP contribution in [0.1, 0.15) is 45.8 Å². The molecule has 1 heterocycles. The number of carbonyl (C=O) groups is 2. The van der Waals surface area contributed by atoms with E-state index in [9.17, 15) is 50.4 Å². The number of hydrogen-bond donors (Lipinski definition) is 1. The van der Waals surface area contributed by atoms with Gasteiger partial charge in [0, 0.05) is 24.7 Å². The van der Waals surface area contributed by atoms with Crippen molar-refractivity contribution in [1.82, 2.24) is 9.78 Å². The van der Waals surface area contributed by atoms with Gasteiger partial charge >= 0.3 is 24.3 Å². The summed E-state index contributed by atoms with van der Waals surface area (Å²) in [5.74, 6) is -3.57. The first-order chi connectivity index (χ1) is 22.5. The van der Waals surface area contributed by atoms with Crippen molar-refractivity contribution in [3.63, 3.8) is 0 Å². The van der Waals surface area contributed by atoms with Crippen LogP contribution in [-0.2, 0) is 24.1 Å². The van der Waals surface area contributed by atoms with Crippen molar-refractivity contribution in [3.05, 3.63) is 101 Å². The van der Waals surface area contributed by atoms with Crippen LogP contribution in [0, 0.1) is 15.9 Å². The second kappa shape index (κ2) is 15.0. The Hall–Kier alpha value is -4.42. The zero-order valence-corrected chi connectivity index (χ0v) is 27.8. The van der Waals surface area contributed by atoms with Gasteiger partial charge in [-0.2, -0.15) is 31.4 Å². The minimum absolute atomic E-state index is 0.125. The fraction of sp³-hybridized carbons (Fsp3) is 0.207. The van der Waals surface area contributed by atoms with Gasteiger partial charge in [0.25, 0.3) is 5.69 Å². The standard InChI is InChI=1S/C15H12BrClF4N2O2.C14H7ClF3NO5/c1-6(2)25-14(24)7-4-8(10(18)5-9(7)17)12-11(16)13(15(19,20)21)23(3)22-12;15-10-5-7(14(16,17)18)1-4-12(10)24-8-2-3-11(19(22)23)9(6-8)13(20)21/h4-6H,1-3H3;1-6H,(H,20,21). The highest BCUT2D eigenvalue weighted by molar-refractivity contribution is 9.10. The smallest absolute Gasteiger partial charge is 0.434 e. The number of hydrogen-bond acceptors (Lipinski definition) is 7. The van der Waals surface area contributed by atoms with Gasteiger partial charge in [0.05, 0.1) is 36.7 Å². The lowest BCUT2D eigenvalue weighted by Crippen LogP contribution is -2.12. The van der Waals surface area contributed by atoms with E-state index in [0.29, 0.717) is 10.7 Å². The molecule has 4 rings (SSSR count). The van der Waals surface area contributed by atoms with Gasteiger partial charge in [0.2, 0.25) is 0 Å². The number of carboxylic acid groups (broad SMARTS) is 1. The quantitative estimate of drug-likeness (QED) is 0.0845. The number of aromatic carboxylic acids is 1. The van der Waals surface area contributed by atoms with Crippen LogP contribution in [0.25, 0.3) is 11.3 Å². The van der Waals surface area contributed by atoms with E-state index in [2.05, 4.69) is 21.0 Å². The van der Waals surface area contributed by atoms with Crippen molar-refractivity contribution < 1.29 is 59.8 Å². The van der Waals surface area contributed by atoms with Crippen molar-refractivity contribution in [3.8, 4) is 22.8 Å². The molecule has 1 N–H and O–H groups in total. The number of nitro groups is 1. The number of nitro benzene ring substituents is 1. The summed E-state index contributed by atoms with van der Waals surface area (Å²) in [4.78, 5) is 33.0. The Kier molecular flexibility index (Phi) is 11.9. The molecule has 3 aromatic carbocycles. The summed E-state index contributed by atoms with van der Waals surface area (Å²) >= 11 is 14.4. The number of aryl methyl sites for hydroxylation is 1. The van der Waals surface area contributed by atoms with Gasteiger partial charge in [-0.25, -0.2) is 14.0 Å². The number of alkyl halides is 6. The Bertz CT molecular complexity index is 1930. The summed E-state index contributed by atoms with van der Waals surface area (Å²) in [6.07, 6.45) is -9.72. The van der Waals surface area contributed by atoms with Crippen LogP contribution < -0.4 is 4.74 Å². The van der Waals surface area contributed by atoms with Crippen LogP contribution in [0.2, 0.25) is 10.0 Å². The molecule has 20 heteroatoms. The first-order valence-corrected chi connectivity index (χ1v) is 14.6. The molecule has 0 saturated heterocycles. The number of benzene rings is 3. The molecule has 0 aliphatic rings. The van der Waals surface area contributed by atoms with Crippen molar-refractivity contribution in [1.29, 1.82) is 0 Å². The number of rotatable bonds is 7. The molecule has 1 aromatic heterocycles. The Morgan fingerprint density at radius 2 is 1.61 bits per heavy atom. The van der Waals surface area contributed by atoms with Gasteiger partial charge in [0.1, 0.15) is 28.6 Å². The number of nitrogens with zero attached hydrogens (tertiary/aromatic N) is 3. The highest BCUT2D eigenvalue weighted by Crippen LogP contribution is 2.41. The molecule has 10 nitrogen and oxygen atoms in total. The van der Waals surface area contributed by atoms with Crippen LogP contribution in [0.3, 0.4) is 0 Å². The van der Waals surface area contributed by atoms with Crippen LogP contribution in [0.5, 0.6) is 11.5 Å². The topological polar surface area (TPSA) is 134 Å². The lowest BCUT2D eigenvalue weighted by atomic mass is 10.1. The Morgan fingerprint density at radius 1 is 0.980 bits per heavy atom. The molecule has 0 spiro atoms. The molecular formula is C29H19BrCl2F7N3O7. The zero-order valence-electron chi connectivity index (χ0n) is 24.7. The average Bonchev–Trinajstić information content (AvgIpc) is 3.26. The molecule has 0 saturated carbocycles. The maximum atomic E-state index is 14.3. The summed E-state index contributed by atoms with van der Waals surface area (Å²) in [6, 6.07) is 7.12.